The smallest absolute Gasteiger partial charge is 0.0753 e. The zero-order chi connectivity index (χ0) is 6.85. The summed E-state index contributed by atoms with van der Waals surface area (Å²) >= 11 is 0. The number of aliphatic hydroxyl groups is 2. The minimum absolute atomic E-state index is 0.0332. The molecule has 0 bridgehead atoms. The third kappa shape index (κ3) is 1.23. The second-order valence-corrected chi connectivity index (χ2v) is 2.67. The normalized spacial score (nSPS) is 43.7. The van der Waals surface area contributed by atoms with Gasteiger partial charge in [0.05, 0.1) is 18.8 Å². The maximum absolute atomic E-state index is 9.23. The third-order valence-corrected chi connectivity index (χ3v) is 1.89. The first-order valence-corrected chi connectivity index (χ1v) is 3.28. The average molecular weight is 131 g/mol. The van der Waals surface area contributed by atoms with Crippen LogP contribution in [0.4, 0.5) is 0 Å². The Hall–Kier alpha value is -0.120. The number of hydrogen-bond acceptors (Lipinski definition) is 3. The second-order valence-electron chi connectivity index (χ2n) is 2.67. The lowest BCUT2D eigenvalue weighted by Crippen LogP contribution is -2.34. The minimum Gasteiger partial charge on any atom is -0.395 e. The Bertz CT molecular complexity index is 97.1. The van der Waals surface area contributed by atoms with Gasteiger partial charge in [0.25, 0.3) is 0 Å². The van der Waals surface area contributed by atoms with Gasteiger partial charge in [0, 0.05) is 6.54 Å². The van der Waals surface area contributed by atoms with E-state index in [4.69, 9.17) is 5.11 Å². The molecule has 0 amide bonds. The molecule has 3 heteroatoms. The van der Waals surface area contributed by atoms with E-state index in [0.29, 0.717) is 0 Å². The van der Waals surface area contributed by atoms with Gasteiger partial charge in [0.15, 0.2) is 0 Å². The van der Waals surface area contributed by atoms with Gasteiger partial charge < -0.3 is 15.5 Å². The number of rotatable bonds is 1. The molecule has 54 valence electrons. The van der Waals surface area contributed by atoms with Crippen molar-refractivity contribution in [3.8, 4) is 0 Å². The van der Waals surface area contributed by atoms with Crippen LogP contribution in [0.5, 0.6) is 0 Å². The van der Waals surface area contributed by atoms with Crippen LogP contribution < -0.4 is 5.32 Å². The van der Waals surface area contributed by atoms with Crippen LogP contribution in [0.2, 0.25) is 0 Å². The molecule has 2 unspecified atom stereocenters. The van der Waals surface area contributed by atoms with Gasteiger partial charge in [-0.25, -0.2) is 0 Å². The van der Waals surface area contributed by atoms with Crippen molar-refractivity contribution >= 4 is 0 Å². The van der Waals surface area contributed by atoms with Crippen molar-refractivity contribution in [1.82, 2.24) is 5.32 Å². The van der Waals surface area contributed by atoms with Crippen LogP contribution in [0.25, 0.3) is 0 Å². The quantitative estimate of drug-likeness (QED) is 0.425. The second kappa shape index (κ2) is 2.64. The van der Waals surface area contributed by atoms with Crippen molar-refractivity contribution in [3.63, 3.8) is 0 Å². The molecule has 0 radical (unpaired) electrons. The standard InChI is InChI=1S/C6H13NO2/c1-4-2-7-5(3-8)6(4)9/h4-9H,2-3H2,1H3/t4?,5-,6?/m1/s1. The lowest BCUT2D eigenvalue weighted by molar-refractivity contribution is 0.0955. The van der Waals surface area contributed by atoms with E-state index < -0.39 is 0 Å². The fourth-order valence-electron chi connectivity index (χ4n) is 1.15. The highest BCUT2D eigenvalue weighted by molar-refractivity contribution is 4.87. The zero-order valence-corrected chi connectivity index (χ0v) is 5.54. The summed E-state index contributed by atoms with van der Waals surface area (Å²) in [6, 6.07) is -0.0972. The van der Waals surface area contributed by atoms with Gasteiger partial charge in [-0.2, -0.15) is 0 Å². The fourth-order valence-corrected chi connectivity index (χ4v) is 1.15. The van der Waals surface area contributed by atoms with Crippen LogP contribution in [0, 0.1) is 5.92 Å². The molecule has 9 heavy (non-hydrogen) atoms. The van der Waals surface area contributed by atoms with E-state index >= 15 is 0 Å². The van der Waals surface area contributed by atoms with Gasteiger partial charge in [0.1, 0.15) is 0 Å². The highest BCUT2D eigenvalue weighted by Crippen LogP contribution is 2.12. The minimum atomic E-state index is -0.366. The Labute approximate surface area is 54.7 Å². The molecule has 1 aliphatic rings. The molecule has 1 heterocycles. The van der Waals surface area contributed by atoms with E-state index in [9.17, 15) is 5.11 Å². The van der Waals surface area contributed by atoms with Crippen LogP contribution in [0.15, 0.2) is 0 Å². The van der Waals surface area contributed by atoms with Crippen molar-refractivity contribution in [2.24, 2.45) is 5.92 Å². The predicted octanol–water partition coefficient (Wildman–Crippen LogP) is -1.05. The van der Waals surface area contributed by atoms with Gasteiger partial charge >= 0.3 is 0 Å². The lowest BCUT2D eigenvalue weighted by Gasteiger charge is -2.12. The van der Waals surface area contributed by atoms with E-state index in [1.54, 1.807) is 0 Å². The first-order chi connectivity index (χ1) is 4.25. The van der Waals surface area contributed by atoms with Crippen LogP contribution in [-0.4, -0.2) is 35.5 Å². The van der Waals surface area contributed by atoms with Crippen molar-refractivity contribution in [2.45, 2.75) is 19.1 Å². The largest absolute Gasteiger partial charge is 0.395 e. The number of hydrogen-bond donors (Lipinski definition) is 3. The Morgan fingerprint density at radius 3 is 2.56 bits per heavy atom. The lowest BCUT2D eigenvalue weighted by atomic mass is 10.1. The van der Waals surface area contributed by atoms with Gasteiger partial charge in [-0.1, -0.05) is 6.92 Å². The fraction of sp³-hybridized carbons (Fsp3) is 1.00. The molecule has 1 rings (SSSR count). The maximum Gasteiger partial charge on any atom is 0.0753 e. The zero-order valence-electron chi connectivity index (χ0n) is 5.54. The molecule has 0 spiro atoms. The highest BCUT2D eigenvalue weighted by atomic mass is 16.3. The van der Waals surface area contributed by atoms with Crippen LogP contribution in [0.3, 0.4) is 0 Å². The van der Waals surface area contributed by atoms with Gasteiger partial charge in [-0.05, 0) is 5.92 Å². The Morgan fingerprint density at radius 2 is 2.33 bits per heavy atom. The van der Waals surface area contributed by atoms with E-state index in [1.807, 2.05) is 6.92 Å². The molecule has 0 aromatic heterocycles. The number of nitrogens with one attached hydrogen (secondary N) is 1. The summed E-state index contributed by atoms with van der Waals surface area (Å²) in [6.45, 7) is 2.81. The predicted molar refractivity (Wildman–Crippen MR) is 34.0 cm³/mol. The molecule has 3 N–H and O–H groups in total. The summed E-state index contributed by atoms with van der Waals surface area (Å²) in [4.78, 5) is 0. The van der Waals surface area contributed by atoms with Gasteiger partial charge in [-0.3, -0.25) is 0 Å². The van der Waals surface area contributed by atoms with Gasteiger partial charge in [-0.15, -0.1) is 0 Å². The molecule has 0 aliphatic carbocycles. The van der Waals surface area contributed by atoms with Crippen molar-refractivity contribution < 1.29 is 10.2 Å². The van der Waals surface area contributed by atoms with Crippen LogP contribution in [0.1, 0.15) is 6.92 Å². The first kappa shape index (κ1) is 6.99. The molecular formula is C6H13NO2. The molecule has 3 nitrogen and oxygen atoms in total. The van der Waals surface area contributed by atoms with Gasteiger partial charge in [0.2, 0.25) is 0 Å². The molecule has 1 fully saturated rings. The molecule has 0 aromatic rings. The summed E-state index contributed by atoms with van der Waals surface area (Å²) in [7, 11) is 0. The van der Waals surface area contributed by atoms with E-state index in [2.05, 4.69) is 5.32 Å². The van der Waals surface area contributed by atoms with E-state index in [1.165, 1.54) is 0 Å². The Morgan fingerprint density at radius 1 is 1.67 bits per heavy atom. The van der Waals surface area contributed by atoms with Crippen LogP contribution >= 0.6 is 0 Å². The summed E-state index contributed by atoms with van der Waals surface area (Å²) in [5, 5.41) is 20.9. The number of aliphatic hydroxyl groups excluding tert-OH is 2. The average Bonchev–Trinajstić information content (AvgIpc) is 2.15. The monoisotopic (exact) mass is 131 g/mol. The first-order valence-electron chi connectivity index (χ1n) is 3.28. The van der Waals surface area contributed by atoms with E-state index in [0.717, 1.165) is 6.54 Å². The molecule has 0 aromatic carbocycles. The Balaban J connectivity index is 2.41. The molecule has 1 saturated heterocycles. The molecule has 1 aliphatic heterocycles. The summed E-state index contributed by atoms with van der Waals surface area (Å²) < 4.78 is 0. The SMILES string of the molecule is CC1CN[C@H](CO)C1O. The summed E-state index contributed by atoms with van der Waals surface area (Å²) in [5.74, 6) is 0.280. The Kier molecular flexibility index (Phi) is 2.05. The molecular weight excluding hydrogens is 118 g/mol. The van der Waals surface area contributed by atoms with Crippen molar-refractivity contribution in [2.75, 3.05) is 13.2 Å². The maximum atomic E-state index is 9.23. The van der Waals surface area contributed by atoms with E-state index in [-0.39, 0.29) is 24.7 Å². The summed E-state index contributed by atoms with van der Waals surface area (Å²) in [6.07, 6.45) is -0.366. The topological polar surface area (TPSA) is 52.5 Å². The third-order valence-electron chi connectivity index (χ3n) is 1.89. The highest BCUT2D eigenvalue weighted by Gasteiger charge is 2.30. The van der Waals surface area contributed by atoms with Crippen molar-refractivity contribution in [1.29, 1.82) is 0 Å². The summed E-state index contributed by atoms with van der Waals surface area (Å²) in [5.41, 5.74) is 0. The van der Waals surface area contributed by atoms with Crippen molar-refractivity contribution in [3.05, 3.63) is 0 Å². The molecule has 0 saturated carbocycles. The molecule has 3 atom stereocenters. The van der Waals surface area contributed by atoms with Crippen LogP contribution in [-0.2, 0) is 0 Å².